The van der Waals surface area contributed by atoms with Gasteiger partial charge in [0.2, 0.25) is 0 Å². The molecule has 0 unspecified atom stereocenters. The molecule has 0 saturated carbocycles. The number of aromatic hydroxyl groups is 1. The number of nitro groups is 2. The standard InChI is InChI=1S/C12H8ClN3O5/c13-9-5-7(1-4-12(9)17)14-10-3-2-8(15(18)19)6-11(10)16(20)21/h1-6,14,17H. The van der Waals surface area contributed by atoms with Crippen LogP contribution in [-0.2, 0) is 0 Å². The minimum atomic E-state index is -0.725. The molecule has 0 atom stereocenters. The fourth-order valence-electron chi connectivity index (χ4n) is 1.63. The molecule has 0 bridgehead atoms. The Balaban J connectivity index is 2.41. The molecule has 2 aromatic carbocycles. The van der Waals surface area contributed by atoms with Gasteiger partial charge in [0.25, 0.3) is 11.4 Å². The summed E-state index contributed by atoms with van der Waals surface area (Å²) in [7, 11) is 0. The first kappa shape index (κ1) is 14.5. The molecule has 2 N–H and O–H groups in total. The molecule has 0 aliphatic carbocycles. The zero-order valence-electron chi connectivity index (χ0n) is 10.3. The number of anilines is 2. The fraction of sp³-hybridized carbons (Fsp3) is 0. The van der Waals surface area contributed by atoms with Crippen molar-refractivity contribution in [2.24, 2.45) is 0 Å². The first-order valence-electron chi connectivity index (χ1n) is 5.57. The van der Waals surface area contributed by atoms with E-state index in [2.05, 4.69) is 5.32 Å². The van der Waals surface area contributed by atoms with E-state index in [9.17, 15) is 25.3 Å². The normalized spacial score (nSPS) is 10.1. The number of rotatable bonds is 4. The summed E-state index contributed by atoms with van der Waals surface area (Å²) in [5.41, 5.74) is -0.341. The van der Waals surface area contributed by atoms with E-state index in [1.54, 1.807) is 0 Å². The molecule has 9 heteroatoms. The molecule has 0 spiro atoms. The van der Waals surface area contributed by atoms with Gasteiger partial charge in [-0.05, 0) is 24.3 Å². The lowest BCUT2D eigenvalue weighted by atomic mass is 10.2. The van der Waals surface area contributed by atoms with E-state index >= 15 is 0 Å². The van der Waals surface area contributed by atoms with E-state index < -0.39 is 15.5 Å². The monoisotopic (exact) mass is 309 g/mol. The highest BCUT2D eigenvalue weighted by Gasteiger charge is 2.19. The molecule has 2 aromatic rings. The van der Waals surface area contributed by atoms with Crippen molar-refractivity contribution in [2.75, 3.05) is 5.32 Å². The first-order valence-corrected chi connectivity index (χ1v) is 5.94. The number of hydrogen-bond acceptors (Lipinski definition) is 6. The third-order valence-corrected chi connectivity index (χ3v) is 2.92. The van der Waals surface area contributed by atoms with E-state index in [0.29, 0.717) is 5.69 Å². The molecular formula is C12H8ClN3O5. The van der Waals surface area contributed by atoms with Crippen LogP contribution < -0.4 is 5.32 Å². The SMILES string of the molecule is O=[N+]([O-])c1ccc(Nc2ccc(O)c(Cl)c2)c([N+](=O)[O-])c1. The number of nitro benzene ring substituents is 2. The highest BCUT2D eigenvalue weighted by atomic mass is 35.5. The van der Waals surface area contributed by atoms with Gasteiger partial charge in [0, 0.05) is 11.8 Å². The van der Waals surface area contributed by atoms with Crippen LogP contribution in [0.3, 0.4) is 0 Å². The largest absolute Gasteiger partial charge is 0.506 e. The van der Waals surface area contributed by atoms with E-state index in [4.69, 9.17) is 11.6 Å². The second-order valence-corrected chi connectivity index (χ2v) is 4.41. The summed E-state index contributed by atoms with van der Waals surface area (Å²) in [5.74, 6) is -0.125. The Morgan fingerprint density at radius 1 is 1.05 bits per heavy atom. The quantitative estimate of drug-likeness (QED) is 0.506. The van der Waals surface area contributed by atoms with Crippen molar-refractivity contribution >= 4 is 34.4 Å². The molecule has 8 nitrogen and oxygen atoms in total. The summed E-state index contributed by atoms with van der Waals surface area (Å²) in [4.78, 5) is 20.2. The van der Waals surface area contributed by atoms with Crippen LogP contribution in [0.4, 0.5) is 22.7 Å². The average molecular weight is 310 g/mol. The van der Waals surface area contributed by atoms with Gasteiger partial charge in [-0.3, -0.25) is 20.2 Å². The first-order chi connectivity index (χ1) is 9.88. The second kappa shape index (κ2) is 5.63. The Morgan fingerprint density at radius 2 is 1.76 bits per heavy atom. The van der Waals surface area contributed by atoms with Crippen LogP contribution in [0.5, 0.6) is 5.75 Å². The van der Waals surface area contributed by atoms with Crippen LogP contribution in [-0.4, -0.2) is 15.0 Å². The molecule has 0 aromatic heterocycles. The third kappa shape index (κ3) is 3.18. The molecule has 0 amide bonds. The van der Waals surface area contributed by atoms with Gasteiger partial charge in [0.05, 0.1) is 20.9 Å². The molecule has 2 rings (SSSR count). The predicted molar refractivity (Wildman–Crippen MR) is 76.2 cm³/mol. The van der Waals surface area contributed by atoms with E-state index in [-0.39, 0.29) is 22.1 Å². The Labute approximate surface area is 122 Å². The molecule has 0 aliphatic rings. The third-order valence-electron chi connectivity index (χ3n) is 2.62. The van der Waals surface area contributed by atoms with Gasteiger partial charge in [-0.2, -0.15) is 0 Å². The number of benzene rings is 2. The molecular weight excluding hydrogens is 302 g/mol. The number of nitrogens with zero attached hydrogens (tertiary/aromatic N) is 2. The summed E-state index contributed by atoms with van der Waals surface area (Å²) in [5, 5.41) is 33.7. The summed E-state index contributed by atoms with van der Waals surface area (Å²) in [6, 6.07) is 7.41. The number of non-ortho nitro benzene ring substituents is 1. The molecule has 0 radical (unpaired) electrons. The fourth-order valence-corrected chi connectivity index (χ4v) is 1.81. The Bertz CT molecular complexity index is 735. The maximum Gasteiger partial charge on any atom is 0.299 e. The van der Waals surface area contributed by atoms with Gasteiger partial charge in [-0.1, -0.05) is 11.6 Å². The molecule has 108 valence electrons. The Hall–Kier alpha value is -2.87. The number of hydrogen-bond donors (Lipinski definition) is 2. The molecule has 0 aliphatic heterocycles. The maximum atomic E-state index is 11.0. The van der Waals surface area contributed by atoms with Crippen molar-refractivity contribution < 1.29 is 15.0 Å². The van der Waals surface area contributed by atoms with Crippen molar-refractivity contribution in [3.63, 3.8) is 0 Å². The molecule has 21 heavy (non-hydrogen) atoms. The number of phenolic OH excluding ortho intramolecular Hbond substituents is 1. The summed E-state index contributed by atoms with van der Waals surface area (Å²) >= 11 is 5.74. The van der Waals surface area contributed by atoms with E-state index in [1.807, 2.05) is 0 Å². The van der Waals surface area contributed by atoms with Crippen LogP contribution in [0.15, 0.2) is 36.4 Å². The number of phenols is 1. The Morgan fingerprint density at radius 3 is 2.33 bits per heavy atom. The average Bonchev–Trinajstić information content (AvgIpc) is 2.43. The molecule has 0 fully saturated rings. The van der Waals surface area contributed by atoms with Gasteiger partial charge < -0.3 is 10.4 Å². The maximum absolute atomic E-state index is 11.0. The smallest absolute Gasteiger partial charge is 0.299 e. The van der Waals surface area contributed by atoms with Crippen LogP contribution in [0.25, 0.3) is 0 Å². The number of halogens is 1. The van der Waals surface area contributed by atoms with Gasteiger partial charge in [-0.15, -0.1) is 0 Å². The highest BCUT2D eigenvalue weighted by molar-refractivity contribution is 6.32. The summed E-state index contributed by atoms with van der Waals surface area (Å²) in [6.07, 6.45) is 0. The van der Waals surface area contributed by atoms with Gasteiger partial charge in [0.1, 0.15) is 11.4 Å². The van der Waals surface area contributed by atoms with Crippen molar-refractivity contribution in [2.45, 2.75) is 0 Å². The van der Waals surface area contributed by atoms with Crippen LogP contribution in [0.2, 0.25) is 5.02 Å². The second-order valence-electron chi connectivity index (χ2n) is 4.01. The summed E-state index contributed by atoms with van der Waals surface area (Å²) in [6.45, 7) is 0. The van der Waals surface area contributed by atoms with Crippen molar-refractivity contribution in [3.8, 4) is 5.75 Å². The van der Waals surface area contributed by atoms with E-state index in [1.165, 1.54) is 24.3 Å². The van der Waals surface area contributed by atoms with Crippen molar-refractivity contribution in [1.82, 2.24) is 0 Å². The zero-order valence-corrected chi connectivity index (χ0v) is 11.1. The van der Waals surface area contributed by atoms with Crippen LogP contribution in [0.1, 0.15) is 0 Å². The van der Waals surface area contributed by atoms with Gasteiger partial charge in [0.15, 0.2) is 0 Å². The lowest BCUT2D eigenvalue weighted by Crippen LogP contribution is -1.98. The lowest BCUT2D eigenvalue weighted by Gasteiger charge is -2.08. The molecule has 0 saturated heterocycles. The summed E-state index contributed by atoms with van der Waals surface area (Å²) < 4.78 is 0. The van der Waals surface area contributed by atoms with E-state index in [0.717, 1.165) is 12.1 Å². The lowest BCUT2D eigenvalue weighted by molar-refractivity contribution is -0.393. The van der Waals surface area contributed by atoms with Crippen molar-refractivity contribution in [3.05, 3.63) is 61.6 Å². The topological polar surface area (TPSA) is 119 Å². The minimum Gasteiger partial charge on any atom is -0.506 e. The van der Waals surface area contributed by atoms with Crippen LogP contribution in [0, 0.1) is 20.2 Å². The molecule has 0 heterocycles. The van der Waals surface area contributed by atoms with Crippen LogP contribution >= 0.6 is 11.6 Å². The highest BCUT2D eigenvalue weighted by Crippen LogP contribution is 2.33. The van der Waals surface area contributed by atoms with Gasteiger partial charge in [-0.25, -0.2) is 0 Å². The number of nitrogens with one attached hydrogen (secondary N) is 1. The zero-order chi connectivity index (χ0) is 15.6. The minimum absolute atomic E-state index is 0.0737. The van der Waals surface area contributed by atoms with Gasteiger partial charge >= 0.3 is 0 Å². The van der Waals surface area contributed by atoms with Crippen molar-refractivity contribution in [1.29, 1.82) is 0 Å². The Kier molecular flexibility index (Phi) is 3.90. The predicted octanol–water partition coefficient (Wildman–Crippen LogP) is 3.61.